The van der Waals surface area contributed by atoms with Crippen molar-refractivity contribution in [1.29, 1.82) is 0 Å². The zero-order valence-electron chi connectivity index (χ0n) is 15.2. The number of benzene rings is 2. The predicted octanol–water partition coefficient (Wildman–Crippen LogP) is 5.00. The molecule has 27 heavy (non-hydrogen) atoms. The van der Waals surface area contributed by atoms with E-state index in [1.807, 2.05) is 18.2 Å². The van der Waals surface area contributed by atoms with Gasteiger partial charge in [0.1, 0.15) is 0 Å². The summed E-state index contributed by atoms with van der Waals surface area (Å²) in [7, 11) is 0. The number of amides is 2. The number of hydrogen-bond donors (Lipinski definition) is 2. The number of anilines is 1. The number of halogens is 1. The van der Waals surface area contributed by atoms with Crippen LogP contribution in [0.15, 0.2) is 58.1 Å². The van der Waals surface area contributed by atoms with Crippen LogP contribution in [-0.2, 0) is 0 Å². The molecule has 1 aliphatic rings. The van der Waals surface area contributed by atoms with Gasteiger partial charge in [-0.15, -0.1) is 0 Å². The molecule has 2 aromatic carbocycles. The van der Waals surface area contributed by atoms with Gasteiger partial charge >= 0.3 is 0 Å². The van der Waals surface area contributed by atoms with E-state index in [2.05, 4.69) is 38.7 Å². The van der Waals surface area contributed by atoms with E-state index in [9.17, 15) is 9.59 Å². The van der Waals surface area contributed by atoms with Crippen LogP contribution in [0.5, 0.6) is 0 Å². The average molecular weight is 428 g/mol. The van der Waals surface area contributed by atoms with Gasteiger partial charge in [0.15, 0.2) is 0 Å². The van der Waals surface area contributed by atoms with Gasteiger partial charge in [-0.05, 0) is 77.5 Å². The molecule has 0 aliphatic heterocycles. The zero-order valence-corrected chi connectivity index (χ0v) is 16.8. The van der Waals surface area contributed by atoms with E-state index < -0.39 is 0 Å². The SMILES string of the molecule is CC1CCCC/C1=N\NC(=O)c1ccc(NC(=O)c2ccccc2Br)cc1. The van der Waals surface area contributed by atoms with Crippen LogP contribution >= 0.6 is 15.9 Å². The number of carbonyl (C=O) groups is 2. The first kappa shape index (κ1) is 19.3. The third kappa shape index (κ3) is 5.04. The lowest BCUT2D eigenvalue weighted by atomic mass is 9.89. The third-order valence-corrected chi connectivity index (χ3v) is 5.40. The van der Waals surface area contributed by atoms with Crippen LogP contribution < -0.4 is 10.7 Å². The topological polar surface area (TPSA) is 70.6 Å². The van der Waals surface area contributed by atoms with E-state index in [1.54, 1.807) is 30.3 Å². The molecular weight excluding hydrogens is 406 g/mol. The van der Waals surface area contributed by atoms with Crippen molar-refractivity contribution in [1.82, 2.24) is 5.43 Å². The molecule has 1 fully saturated rings. The second-order valence-electron chi connectivity index (χ2n) is 6.70. The fourth-order valence-corrected chi connectivity index (χ4v) is 3.54. The van der Waals surface area contributed by atoms with Crippen LogP contribution in [0.1, 0.15) is 53.3 Å². The summed E-state index contributed by atoms with van der Waals surface area (Å²) in [5.74, 6) is -0.0322. The van der Waals surface area contributed by atoms with E-state index in [0.29, 0.717) is 22.7 Å². The standard InChI is InChI=1S/C21H22BrN3O2/c1-14-6-2-5-9-19(14)24-25-20(26)15-10-12-16(13-11-15)23-21(27)17-7-3-4-8-18(17)22/h3-4,7-8,10-14H,2,5-6,9H2,1H3,(H,23,27)(H,25,26)/b24-19+. The molecule has 2 N–H and O–H groups in total. The van der Waals surface area contributed by atoms with Gasteiger partial charge in [0.2, 0.25) is 0 Å². The fraction of sp³-hybridized carbons (Fsp3) is 0.286. The lowest BCUT2D eigenvalue weighted by molar-refractivity contribution is 0.0953. The maximum Gasteiger partial charge on any atom is 0.271 e. The van der Waals surface area contributed by atoms with E-state index in [-0.39, 0.29) is 11.8 Å². The summed E-state index contributed by atoms with van der Waals surface area (Å²) >= 11 is 3.37. The van der Waals surface area contributed by atoms with Gasteiger partial charge in [0.25, 0.3) is 11.8 Å². The van der Waals surface area contributed by atoms with Crippen LogP contribution in [0.2, 0.25) is 0 Å². The van der Waals surface area contributed by atoms with Gasteiger partial charge in [-0.25, -0.2) is 5.43 Å². The molecule has 1 atom stereocenters. The van der Waals surface area contributed by atoms with E-state index in [1.165, 1.54) is 6.42 Å². The van der Waals surface area contributed by atoms with Gasteiger partial charge in [-0.3, -0.25) is 9.59 Å². The summed E-state index contributed by atoms with van der Waals surface area (Å²) < 4.78 is 0.731. The highest BCUT2D eigenvalue weighted by atomic mass is 79.9. The molecule has 1 aliphatic carbocycles. The summed E-state index contributed by atoms with van der Waals surface area (Å²) in [5.41, 5.74) is 5.39. The minimum absolute atomic E-state index is 0.211. The Balaban J connectivity index is 1.61. The Kier molecular flexibility index (Phi) is 6.40. The van der Waals surface area contributed by atoms with Gasteiger partial charge in [-0.1, -0.05) is 25.5 Å². The Morgan fingerprint density at radius 3 is 2.48 bits per heavy atom. The van der Waals surface area contributed by atoms with Crippen molar-refractivity contribution in [3.63, 3.8) is 0 Å². The molecule has 5 nitrogen and oxygen atoms in total. The second-order valence-corrected chi connectivity index (χ2v) is 7.56. The number of rotatable bonds is 4. The second kappa shape index (κ2) is 8.95. The first-order valence-electron chi connectivity index (χ1n) is 9.07. The molecule has 1 saturated carbocycles. The molecule has 0 spiro atoms. The van der Waals surface area contributed by atoms with Gasteiger partial charge in [0, 0.05) is 21.4 Å². The molecule has 2 amide bonds. The van der Waals surface area contributed by atoms with Crippen LogP contribution in [0.4, 0.5) is 5.69 Å². The fourth-order valence-electron chi connectivity index (χ4n) is 3.07. The Morgan fingerprint density at radius 2 is 1.78 bits per heavy atom. The maximum absolute atomic E-state index is 12.3. The lowest BCUT2D eigenvalue weighted by Gasteiger charge is -2.19. The van der Waals surface area contributed by atoms with Crippen LogP contribution in [0, 0.1) is 5.92 Å². The Labute approximate surface area is 167 Å². The van der Waals surface area contributed by atoms with E-state index in [4.69, 9.17) is 0 Å². The quantitative estimate of drug-likeness (QED) is 0.673. The normalized spacial score (nSPS) is 18.1. The third-order valence-electron chi connectivity index (χ3n) is 4.71. The molecule has 1 unspecified atom stereocenters. The lowest BCUT2D eigenvalue weighted by Crippen LogP contribution is -2.24. The van der Waals surface area contributed by atoms with Crippen molar-refractivity contribution in [3.05, 3.63) is 64.1 Å². The van der Waals surface area contributed by atoms with Gasteiger partial charge < -0.3 is 5.32 Å². The minimum Gasteiger partial charge on any atom is -0.322 e. The summed E-state index contributed by atoms with van der Waals surface area (Å²) in [6.07, 6.45) is 4.42. The minimum atomic E-state index is -0.246. The predicted molar refractivity (Wildman–Crippen MR) is 111 cm³/mol. The number of nitrogens with zero attached hydrogens (tertiary/aromatic N) is 1. The molecule has 0 radical (unpaired) electrons. The first-order valence-corrected chi connectivity index (χ1v) is 9.86. The maximum atomic E-state index is 12.3. The Bertz CT molecular complexity index is 862. The monoisotopic (exact) mass is 427 g/mol. The highest BCUT2D eigenvalue weighted by Gasteiger charge is 2.16. The molecule has 0 bridgehead atoms. The molecule has 0 saturated heterocycles. The van der Waals surface area contributed by atoms with Crippen molar-refractivity contribution >= 4 is 39.1 Å². The number of hydrazone groups is 1. The van der Waals surface area contributed by atoms with Crippen molar-refractivity contribution in [2.45, 2.75) is 32.6 Å². The van der Waals surface area contributed by atoms with Gasteiger partial charge in [-0.2, -0.15) is 5.10 Å². The number of nitrogens with one attached hydrogen (secondary N) is 2. The van der Waals surface area contributed by atoms with Crippen LogP contribution in [0.3, 0.4) is 0 Å². The van der Waals surface area contributed by atoms with Crippen molar-refractivity contribution in [2.24, 2.45) is 11.0 Å². The smallest absolute Gasteiger partial charge is 0.271 e. The molecule has 3 rings (SSSR count). The van der Waals surface area contributed by atoms with E-state index >= 15 is 0 Å². The summed E-state index contributed by atoms with van der Waals surface area (Å²) in [5, 5.41) is 7.13. The summed E-state index contributed by atoms with van der Waals surface area (Å²) in [6, 6.07) is 14.0. The van der Waals surface area contributed by atoms with Crippen molar-refractivity contribution in [3.8, 4) is 0 Å². The number of hydrogen-bond acceptors (Lipinski definition) is 3. The Hall–Kier alpha value is -2.47. The van der Waals surface area contributed by atoms with Crippen LogP contribution in [0.25, 0.3) is 0 Å². The highest BCUT2D eigenvalue weighted by Crippen LogP contribution is 2.21. The highest BCUT2D eigenvalue weighted by molar-refractivity contribution is 9.10. The first-order chi connectivity index (χ1) is 13.0. The zero-order chi connectivity index (χ0) is 19.2. The summed E-state index contributed by atoms with van der Waals surface area (Å²) in [6.45, 7) is 2.15. The largest absolute Gasteiger partial charge is 0.322 e. The molecule has 6 heteroatoms. The molecule has 140 valence electrons. The van der Waals surface area contributed by atoms with Crippen molar-refractivity contribution in [2.75, 3.05) is 5.32 Å². The molecule has 2 aromatic rings. The molecule has 0 aromatic heterocycles. The van der Waals surface area contributed by atoms with Crippen molar-refractivity contribution < 1.29 is 9.59 Å². The molecule has 0 heterocycles. The molecular formula is C21H22BrN3O2. The Morgan fingerprint density at radius 1 is 1.04 bits per heavy atom. The van der Waals surface area contributed by atoms with Gasteiger partial charge in [0.05, 0.1) is 5.56 Å². The number of carbonyl (C=O) groups excluding carboxylic acids is 2. The summed E-state index contributed by atoms with van der Waals surface area (Å²) in [4.78, 5) is 24.6. The van der Waals surface area contributed by atoms with E-state index in [0.717, 1.165) is 29.4 Å². The van der Waals surface area contributed by atoms with Crippen LogP contribution in [-0.4, -0.2) is 17.5 Å². The average Bonchev–Trinajstić information content (AvgIpc) is 2.68.